The Bertz CT molecular complexity index is 1120. The van der Waals surface area contributed by atoms with Crippen LogP contribution in [0.1, 0.15) is 16.7 Å². The third-order valence-electron chi connectivity index (χ3n) is 4.50. The third kappa shape index (κ3) is 5.94. The molecule has 0 atom stereocenters. The minimum atomic E-state index is -0.467. The van der Waals surface area contributed by atoms with Crippen molar-refractivity contribution in [3.05, 3.63) is 101 Å². The second-order valence-electron chi connectivity index (χ2n) is 6.63. The highest BCUT2D eigenvalue weighted by molar-refractivity contribution is 6.01. The fraction of sp³-hybridized carbons (Fsp3) is 0.120. The van der Waals surface area contributed by atoms with Crippen molar-refractivity contribution in [2.24, 2.45) is 0 Å². The number of ether oxygens (including phenoxy) is 2. The van der Waals surface area contributed by atoms with Crippen LogP contribution in [0.25, 0.3) is 6.08 Å². The van der Waals surface area contributed by atoms with Crippen molar-refractivity contribution in [2.75, 3.05) is 7.11 Å². The molecule has 1 N–H and O–H groups in total. The van der Waals surface area contributed by atoms with E-state index in [4.69, 9.17) is 9.47 Å². The summed E-state index contributed by atoms with van der Waals surface area (Å²) in [6.07, 6.45) is 1.48. The number of nitrogens with one attached hydrogen (secondary N) is 1. The van der Waals surface area contributed by atoms with Gasteiger partial charge in [-0.1, -0.05) is 54.6 Å². The molecule has 3 aromatic rings. The second-order valence-corrected chi connectivity index (χ2v) is 6.63. The molecule has 0 aliphatic heterocycles. The van der Waals surface area contributed by atoms with Gasteiger partial charge in [-0.25, -0.2) is 4.39 Å². The summed E-state index contributed by atoms with van der Waals surface area (Å²) in [6, 6.07) is 22.7. The van der Waals surface area contributed by atoms with Crippen LogP contribution in [-0.2, 0) is 17.9 Å². The standard InChI is InChI=1S/C25H21FN2O3/c1-30-24-14-19(11-12-23(24)31-17-20-9-5-6-10-22(20)26)13-21(15-27)25(29)28-16-18-7-3-2-4-8-18/h2-14H,16-17H2,1H3,(H,28,29)/b21-13-. The van der Waals surface area contributed by atoms with Crippen LogP contribution in [0, 0.1) is 17.1 Å². The molecule has 0 spiro atoms. The first-order valence-corrected chi connectivity index (χ1v) is 9.59. The van der Waals surface area contributed by atoms with Gasteiger partial charge in [0, 0.05) is 12.1 Å². The Morgan fingerprint density at radius 3 is 2.52 bits per heavy atom. The van der Waals surface area contributed by atoms with Crippen molar-refractivity contribution in [1.82, 2.24) is 5.32 Å². The van der Waals surface area contributed by atoms with E-state index in [1.54, 1.807) is 36.4 Å². The SMILES string of the molecule is COc1cc(/C=C(/C#N)C(=O)NCc2ccccc2)ccc1OCc1ccccc1F. The molecule has 0 heterocycles. The number of hydrogen-bond acceptors (Lipinski definition) is 4. The van der Waals surface area contributed by atoms with Gasteiger partial charge in [0.25, 0.3) is 5.91 Å². The van der Waals surface area contributed by atoms with Crippen LogP contribution in [-0.4, -0.2) is 13.0 Å². The second kappa shape index (κ2) is 10.6. The van der Waals surface area contributed by atoms with Crippen molar-refractivity contribution in [3.63, 3.8) is 0 Å². The first-order chi connectivity index (χ1) is 15.1. The molecule has 0 aliphatic carbocycles. The molecule has 5 nitrogen and oxygen atoms in total. The van der Waals surface area contributed by atoms with Gasteiger partial charge in [0.15, 0.2) is 11.5 Å². The molecule has 0 aromatic heterocycles. The number of benzene rings is 3. The maximum Gasteiger partial charge on any atom is 0.262 e. The molecule has 6 heteroatoms. The van der Waals surface area contributed by atoms with Crippen LogP contribution in [0.2, 0.25) is 0 Å². The molecule has 0 aliphatic rings. The molecule has 0 saturated heterocycles. The average molecular weight is 416 g/mol. The van der Waals surface area contributed by atoms with E-state index >= 15 is 0 Å². The summed E-state index contributed by atoms with van der Waals surface area (Å²) in [7, 11) is 1.48. The van der Waals surface area contributed by atoms with Gasteiger partial charge in [-0.15, -0.1) is 0 Å². The molecule has 31 heavy (non-hydrogen) atoms. The maximum absolute atomic E-state index is 13.8. The van der Waals surface area contributed by atoms with E-state index in [9.17, 15) is 14.4 Å². The molecular weight excluding hydrogens is 395 g/mol. The molecule has 0 unspecified atom stereocenters. The molecule has 0 bridgehead atoms. The molecule has 0 radical (unpaired) electrons. The summed E-state index contributed by atoms with van der Waals surface area (Å²) in [6.45, 7) is 0.369. The maximum atomic E-state index is 13.8. The topological polar surface area (TPSA) is 71.3 Å². The number of hydrogen-bond donors (Lipinski definition) is 1. The van der Waals surface area contributed by atoms with Gasteiger partial charge in [0.1, 0.15) is 24.1 Å². The van der Waals surface area contributed by atoms with E-state index in [1.807, 2.05) is 36.4 Å². The Balaban J connectivity index is 1.70. The molecule has 1 amide bonds. The highest BCUT2D eigenvalue weighted by atomic mass is 19.1. The summed E-state index contributed by atoms with van der Waals surface area (Å²) in [4.78, 5) is 12.4. The average Bonchev–Trinajstić information content (AvgIpc) is 2.81. The molecule has 0 fully saturated rings. The Labute approximate surface area is 180 Å². The molecule has 3 rings (SSSR count). The van der Waals surface area contributed by atoms with Crippen LogP contribution in [0.4, 0.5) is 4.39 Å². The molecule has 0 saturated carbocycles. The Hall–Kier alpha value is -4.11. The number of nitriles is 1. The summed E-state index contributed by atoms with van der Waals surface area (Å²) >= 11 is 0. The van der Waals surface area contributed by atoms with Crippen molar-refractivity contribution >= 4 is 12.0 Å². The van der Waals surface area contributed by atoms with E-state index < -0.39 is 5.91 Å². The van der Waals surface area contributed by atoms with E-state index in [-0.39, 0.29) is 18.0 Å². The van der Waals surface area contributed by atoms with Gasteiger partial charge >= 0.3 is 0 Å². The summed E-state index contributed by atoms with van der Waals surface area (Å²) < 4.78 is 24.8. The van der Waals surface area contributed by atoms with Gasteiger partial charge < -0.3 is 14.8 Å². The fourth-order valence-corrected chi connectivity index (χ4v) is 2.85. The first-order valence-electron chi connectivity index (χ1n) is 9.59. The van der Waals surface area contributed by atoms with Crippen LogP contribution >= 0.6 is 0 Å². The molecular formula is C25H21FN2O3. The fourth-order valence-electron chi connectivity index (χ4n) is 2.85. The van der Waals surface area contributed by atoms with Crippen LogP contribution < -0.4 is 14.8 Å². The number of rotatable bonds is 8. The molecule has 156 valence electrons. The normalized spacial score (nSPS) is 10.8. The van der Waals surface area contributed by atoms with E-state index in [0.29, 0.717) is 29.2 Å². The zero-order valence-electron chi connectivity index (χ0n) is 17.0. The van der Waals surface area contributed by atoms with Gasteiger partial charge in [-0.3, -0.25) is 4.79 Å². The molecule has 3 aromatic carbocycles. The Kier molecular flexibility index (Phi) is 7.39. The van der Waals surface area contributed by atoms with Crippen LogP contribution in [0.15, 0.2) is 78.4 Å². The third-order valence-corrected chi connectivity index (χ3v) is 4.50. The summed E-state index contributed by atoms with van der Waals surface area (Å²) in [5.74, 6) is 0.0217. The van der Waals surface area contributed by atoms with E-state index in [0.717, 1.165) is 5.56 Å². The van der Waals surface area contributed by atoms with Gasteiger partial charge in [-0.2, -0.15) is 5.26 Å². The first kappa shape index (κ1) is 21.6. The highest BCUT2D eigenvalue weighted by Crippen LogP contribution is 2.30. The number of nitrogens with zero attached hydrogens (tertiary/aromatic N) is 1. The highest BCUT2D eigenvalue weighted by Gasteiger charge is 2.11. The number of halogens is 1. The lowest BCUT2D eigenvalue weighted by Gasteiger charge is -2.12. The Morgan fingerprint density at radius 2 is 1.81 bits per heavy atom. The van der Waals surface area contributed by atoms with Crippen LogP contribution in [0.3, 0.4) is 0 Å². The van der Waals surface area contributed by atoms with E-state index in [1.165, 1.54) is 19.3 Å². The summed E-state index contributed by atoms with van der Waals surface area (Å²) in [5, 5.41) is 12.1. The van der Waals surface area contributed by atoms with E-state index in [2.05, 4.69) is 5.32 Å². The minimum absolute atomic E-state index is 0.0296. The zero-order valence-corrected chi connectivity index (χ0v) is 17.0. The number of amides is 1. The Morgan fingerprint density at radius 1 is 1.06 bits per heavy atom. The lowest BCUT2D eigenvalue weighted by molar-refractivity contribution is -0.117. The van der Waals surface area contributed by atoms with Crippen molar-refractivity contribution in [2.45, 2.75) is 13.2 Å². The lowest BCUT2D eigenvalue weighted by Crippen LogP contribution is -2.23. The van der Waals surface area contributed by atoms with Crippen molar-refractivity contribution in [3.8, 4) is 17.6 Å². The number of carbonyl (C=O) groups excluding carboxylic acids is 1. The largest absolute Gasteiger partial charge is 0.493 e. The van der Waals surface area contributed by atoms with Crippen LogP contribution in [0.5, 0.6) is 11.5 Å². The van der Waals surface area contributed by atoms with Crippen molar-refractivity contribution in [1.29, 1.82) is 5.26 Å². The number of carbonyl (C=O) groups is 1. The monoisotopic (exact) mass is 416 g/mol. The predicted molar refractivity (Wildman–Crippen MR) is 116 cm³/mol. The summed E-state index contributed by atoms with van der Waals surface area (Å²) in [5.41, 5.74) is 1.93. The van der Waals surface area contributed by atoms with Gasteiger partial charge in [0.2, 0.25) is 0 Å². The van der Waals surface area contributed by atoms with Crippen molar-refractivity contribution < 1.29 is 18.7 Å². The van der Waals surface area contributed by atoms with Gasteiger partial charge in [-0.05, 0) is 35.4 Å². The predicted octanol–water partition coefficient (Wildman–Crippen LogP) is 4.64. The zero-order chi connectivity index (χ0) is 22.1. The minimum Gasteiger partial charge on any atom is -0.493 e. The van der Waals surface area contributed by atoms with Gasteiger partial charge in [0.05, 0.1) is 7.11 Å². The quantitative estimate of drug-likeness (QED) is 0.429. The number of methoxy groups -OCH3 is 1. The smallest absolute Gasteiger partial charge is 0.262 e. The lowest BCUT2D eigenvalue weighted by atomic mass is 10.1.